The van der Waals surface area contributed by atoms with Crippen molar-refractivity contribution in [3.05, 3.63) is 0 Å². The van der Waals surface area contributed by atoms with Gasteiger partial charge in [-0.15, -0.1) is 0 Å². The van der Waals surface area contributed by atoms with E-state index in [1.165, 1.54) is 0 Å². The Hall–Kier alpha value is -1.79. The summed E-state index contributed by atoms with van der Waals surface area (Å²) in [5, 5.41) is 2.62. The van der Waals surface area contributed by atoms with E-state index >= 15 is 0 Å². The van der Waals surface area contributed by atoms with Crippen molar-refractivity contribution in [1.29, 1.82) is 0 Å². The molecule has 0 saturated carbocycles. The van der Waals surface area contributed by atoms with Gasteiger partial charge in [-0.2, -0.15) is 0 Å². The fraction of sp³-hybridized carbons (Fsp3) is 0.824. The summed E-state index contributed by atoms with van der Waals surface area (Å²) in [6.45, 7) is 11.7. The third-order valence-electron chi connectivity index (χ3n) is 3.75. The van der Waals surface area contributed by atoms with Gasteiger partial charge in [0.2, 0.25) is 5.91 Å². The van der Waals surface area contributed by atoms with Gasteiger partial charge in [-0.1, -0.05) is 0 Å². The smallest absolute Gasteiger partial charge is 0.408 e. The number of hydrogen-bond donors (Lipinski definition) is 1. The zero-order valence-electron chi connectivity index (χ0n) is 15.6. The number of ether oxygens (including phenoxy) is 2. The van der Waals surface area contributed by atoms with Crippen molar-refractivity contribution in [3.63, 3.8) is 0 Å². The van der Waals surface area contributed by atoms with Crippen LogP contribution < -0.4 is 5.32 Å². The molecule has 0 atom stereocenters. The maximum absolute atomic E-state index is 12.7. The normalized spacial score (nSPS) is 16.5. The van der Waals surface area contributed by atoms with Gasteiger partial charge in [0.1, 0.15) is 11.1 Å². The first-order valence-electron chi connectivity index (χ1n) is 8.43. The molecule has 1 saturated heterocycles. The van der Waals surface area contributed by atoms with E-state index in [9.17, 15) is 14.4 Å². The van der Waals surface area contributed by atoms with E-state index in [1.807, 2.05) is 0 Å². The van der Waals surface area contributed by atoms with E-state index in [-0.39, 0.29) is 17.8 Å². The first-order chi connectivity index (χ1) is 11.0. The van der Waals surface area contributed by atoms with Crippen molar-refractivity contribution in [3.8, 4) is 0 Å². The van der Waals surface area contributed by atoms with E-state index < -0.39 is 17.2 Å². The van der Waals surface area contributed by atoms with Gasteiger partial charge in [-0.25, -0.2) is 4.79 Å². The van der Waals surface area contributed by atoms with Gasteiger partial charge >= 0.3 is 12.1 Å². The quantitative estimate of drug-likeness (QED) is 0.791. The monoisotopic (exact) mass is 342 g/mol. The van der Waals surface area contributed by atoms with Crippen LogP contribution >= 0.6 is 0 Å². The molecule has 0 aromatic carbocycles. The SMILES string of the molecule is CCOC(=O)C1CCN(C(=O)C(C)(C)NC(=O)OC(C)(C)C)CC1. The predicted molar refractivity (Wildman–Crippen MR) is 89.4 cm³/mol. The summed E-state index contributed by atoms with van der Waals surface area (Å²) in [6, 6.07) is 0. The maximum Gasteiger partial charge on any atom is 0.408 e. The third-order valence-corrected chi connectivity index (χ3v) is 3.75. The molecule has 0 aromatic rings. The lowest BCUT2D eigenvalue weighted by Gasteiger charge is -2.36. The molecule has 0 aromatic heterocycles. The molecule has 7 heteroatoms. The van der Waals surface area contributed by atoms with Gasteiger partial charge in [0.25, 0.3) is 0 Å². The average Bonchev–Trinajstić information content (AvgIpc) is 2.44. The minimum atomic E-state index is -1.07. The molecule has 0 radical (unpaired) electrons. The zero-order chi connectivity index (χ0) is 18.5. The van der Waals surface area contributed by atoms with Crippen molar-refractivity contribution in [2.24, 2.45) is 5.92 Å². The highest BCUT2D eigenvalue weighted by atomic mass is 16.6. The minimum absolute atomic E-state index is 0.157. The summed E-state index contributed by atoms with van der Waals surface area (Å²) in [6.07, 6.45) is 0.530. The van der Waals surface area contributed by atoms with E-state index in [0.29, 0.717) is 32.5 Å². The molecule has 0 unspecified atom stereocenters. The standard InChI is InChI=1S/C17H30N2O5/c1-7-23-13(20)12-8-10-19(11-9-12)14(21)17(5,6)18-15(22)24-16(2,3)4/h12H,7-11H2,1-6H3,(H,18,22). The van der Waals surface area contributed by atoms with Crippen molar-refractivity contribution in [2.75, 3.05) is 19.7 Å². The molecule has 138 valence electrons. The summed E-state index contributed by atoms with van der Waals surface area (Å²) < 4.78 is 10.2. The third kappa shape index (κ3) is 6.02. The van der Waals surface area contributed by atoms with Crippen molar-refractivity contribution in [2.45, 2.75) is 65.5 Å². The lowest BCUT2D eigenvalue weighted by Crippen LogP contribution is -2.58. The van der Waals surface area contributed by atoms with E-state index in [2.05, 4.69) is 5.32 Å². The van der Waals surface area contributed by atoms with E-state index in [0.717, 1.165) is 0 Å². The fourth-order valence-electron chi connectivity index (χ4n) is 2.59. The van der Waals surface area contributed by atoms with Gasteiger partial charge in [-0.3, -0.25) is 9.59 Å². The van der Waals surface area contributed by atoms with Crippen molar-refractivity contribution in [1.82, 2.24) is 10.2 Å². The Morgan fingerprint density at radius 3 is 2.08 bits per heavy atom. The zero-order valence-corrected chi connectivity index (χ0v) is 15.6. The molecule has 1 rings (SSSR count). The number of amides is 2. The number of carbonyl (C=O) groups is 3. The van der Waals surface area contributed by atoms with Crippen LogP contribution in [0.5, 0.6) is 0 Å². The van der Waals surface area contributed by atoms with Gasteiger partial charge in [-0.05, 0) is 54.4 Å². The lowest BCUT2D eigenvalue weighted by atomic mass is 9.94. The summed E-state index contributed by atoms with van der Waals surface area (Å²) >= 11 is 0. The fourth-order valence-corrected chi connectivity index (χ4v) is 2.59. The number of esters is 1. The highest BCUT2D eigenvalue weighted by molar-refractivity contribution is 5.89. The Kier molecular flexibility index (Phi) is 6.63. The van der Waals surface area contributed by atoms with Crippen LogP contribution in [0.1, 0.15) is 54.4 Å². The molecule has 1 aliphatic heterocycles. The van der Waals surface area contributed by atoms with Crippen molar-refractivity contribution >= 4 is 18.0 Å². The Balaban J connectivity index is 2.57. The Morgan fingerprint density at radius 2 is 1.62 bits per heavy atom. The number of likely N-dealkylation sites (tertiary alicyclic amines) is 1. The first kappa shape index (κ1) is 20.3. The molecule has 1 heterocycles. The number of carbonyl (C=O) groups excluding carboxylic acids is 3. The van der Waals surface area contributed by atoms with Crippen LogP contribution in [0, 0.1) is 5.92 Å². The van der Waals surface area contributed by atoms with Gasteiger partial charge in [0.15, 0.2) is 0 Å². The molecular formula is C17H30N2O5. The highest BCUT2D eigenvalue weighted by Crippen LogP contribution is 2.21. The van der Waals surface area contributed by atoms with Crippen LogP contribution in [0.3, 0.4) is 0 Å². The molecule has 0 spiro atoms. The number of alkyl carbamates (subject to hydrolysis) is 1. The topological polar surface area (TPSA) is 84.9 Å². The summed E-state index contributed by atoms with van der Waals surface area (Å²) in [4.78, 5) is 38.0. The van der Waals surface area contributed by atoms with Crippen LogP contribution in [-0.2, 0) is 19.1 Å². The molecule has 1 fully saturated rings. The molecular weight excluding hydrogens is 312 g/mol. The second-order valence-corrected chi connectivity index (χ2v) is 7.57. The van der Waals surface area contributed by atoms with E-state index in [1.54, 1.807) is 46.4 Å². The number of nitrogens with zero attached hydrogens (tertiary/aromatic N) is 1. The number of hydrogen-bond acceptors (Lipinski definition) is 5. The van der Waals surface area contributed by atoms with Crippen LogP contribution in [-0.4, -0.2) is 53.7 Å². The lowest BCUT2D eigenvalue weighted by molar-refractivity contribution is -0.152. The van der Waals surface area contributed by atoms with Gasteiger partial charge in [0.05, 0.1) is 12.5 Å². The summed E-state index contributed by atoms with van der Waals surface area (Å²) in [5.41, 5.74) is -1.69. The van der Waals surface area contributed by atoms with Crippen LogP contribution in [0.15, 0.2) is 0 Å². The molecule has 24 heavy (non-hydrogen) atoms. The van der Waals surface area contributed by atoms with Crippen LogP contribution in [0.4, 0.5) is 4.79 Å². The Morgan fingerprint density at radius 1 is 1.08 bits per heavy atom. The second kappa shape index (κ2) is 7.85. The number of piperidine rings is 1. The predicted octanol–water partition coefficient (Wildman–Crippen LogP) is 2.09. The molecule has 0 aliphatic carbocycles. The molecule has 7 nitrogen and oxygen atoms in total. The first-order valence-corrected chi connectivity index (χ1v) is 8.43. The molecule has 0 bridgehead atoms. The Labute approximate surface area is 144 Å². The number of rotatable bonds is 4. The highest BCUT2D eigenvalue weighted by Gasteiger charge is 2.37. The molecule has 1 N–H and O–H groups in total. The largest absolute Gasteiger partial charge is 0.466 e. The maximum atomic E-state index is 12.7. The average molecular weight is 342 g/mol. The minimum Gasteiger partial charge on any atom is -0.466 e. The van der Waals surface area contributed by atoms with Gasteiger partial charge < -0.3 is 19.7 Å². The molecule has 2 amide bonds. The van der Waals surface area contributed by atoms with Gasteiger partial charge in [0, 0.05) is 13.1 Å². The van der Waals surface area contributed by atoms with Crippen molar-refractivity contribution < 1.29 is 23.9 Å². The van der Waals surface area contributed by atoms with E-state index in [4.69, 9.17) is 9.47 Å². The van der Waals surface area contributed by atoms with Crippen LogP contribution in [0.2, 0.25) is 0 Å². The summed E-state index contributed by atoms with van der Waals surface area (Å²) in [5.74, 6) is -0.540. The second-order valence-electron chi connectivity index (χ2n) is 7.57. The Bertz CT molecular complexity index is 474. The summed E-state index contributed by atoms with van der Waals surface area (Å²) in [7, 11) is 0. The molecule has 1 aliphatic rings. The number of nitrogens with one attached hydrogen (secondary N) is 1. The van der Waals surface area contributed by atoms with Crippen LogP contribution in [0.25, 0.3) is 0 Å².